The van der Waals surface area contributed by atoms with Crippen LogP contribution < -0.4 is 0 Å². The summed E-state index contributed by atoms with van der Waals surface area (Å²) >= 11 is -1.25. The van der Waals surface area contributed by atoms with Crippen molar-refractivity contribution in [2.24, 2.45) is 0 Å². The summed E-state index contributed by atoms with van der Waals surface area (Å²) in [5, 5.41) is -0.549. The van der Waals surface area contributed by atoms with Crippen LogP contribution in [0.1, 0.15) is 6.92 Å². The van der Waals surface area contributed by atoms with E-state index in [9.17, 15) is 9.35 Å². The molecule has 1 aromatic rings. The zero-order chi connectivity index (χ0) is 8.97. The number of rotatable bonds is 3. The maximum absolute atomic E-state index is 11.4. The van der Waals surface area contributed by atoms with Gasteiger partial charge in [0.05, 0.1) is 0 Å². The number of hydrogen-bond acceptors (Lipinski definition) is 2. The van der Waals surface area contributed by atoms with Crippen molar-refractivity contribution in [3.63, 3.8) is 0 Å². The molecule has 1 rings (SSSR count). The van der Waals surface area contributed by atoms with Crippen LogP contribution in [-0.2, 0) is 16.0 Å². The summed E-state index contributed by atoms with van der Waals surface area (Å²) < 4.78 is 11.4. The number of hydrogen-bond donors (Lipinski definition) is 0. The molecule has 0 bridgehead atoms. The van der Waals surface area contributed by atoms with Gasteiger partial charge in [0.2, 0.25) is 0 Å². The maximum Gasteiger partial charge on any atom is 0.255 e. The molecule has 2 unspecified atom stereocenters. The molecule has 0 aliphatic heterocycles. The SMILES string of the molecule is CC([C]=O)[S+]([O-])c1ccccc1. The van der Waals surface area contributed by atoms with Crippen molar-refractivity contribution in [1.29, 1.82) is 0 Å². The van der Waals surface area contributed by atoms with Gasteiger partial charge in [-0.2, -0.15) is 0 Å². The molecule has 0 heterocycles. The average Bonchev–Trinajstić information content (AvgIpc) is 2.17. The predicted octanol–water partition coefficient (Wildman–Crippen LogP) is 1.29. The fraction of sp³-hybridized carbons (Fsp3) is 0.222. The Balaban J connectivity index is 2.78. The molecule has 0 aliphatic rings. The quantitative estimate of drug-likeness (QED) is 0.659. The van der Waals surface area contributed by atoms with E-state index < -0.39 is 16.4 Å². The number of carbonyl (C=O) groups excluding carboxylic acids is 1. The van der Waals surface area contributed by atoms with Crippen LogP contribution in [0.15, 0.2) is 35.2 Å². The first-order chi connectivity index (χ1) is 5.75. The maximum atomic E-state index is 11.4. The van der Waals surface area contributed by atoms with Crippen LogP contribution in [-0.4, -0.2) is 16.1 Å². The second-order valence-electron chi connectivity index (χ2n) is 2.37. The summed E-state index contributed by atoms with van der Waals surface area (Å²) in [5.74, 6) is 0. The van der Waals surface area contributed by atoms with Crippen molar-refractivity contribution in [3.8, 4) is 0 Å². The van der Waals surface area contributed by atoms with Gasteiger partial charge in [-0.1, -0.05) is 18.2 Å². The molecule has 0 saturated carbocycles. The second-order valence-corrected chi connectivity index (χ2v) is 4.14. The highest BCUT2D eigenvalue weighted by Gasteiger charge is 2.19. The lowest BCUT2D eigenvalue weighted by Crippen LogP contribution is -2.18. The van der Waals surface area contributed by atoms with Gasteiger partial charge in [0.25, 0.3) is 6.29 Å². The summed E-state index contributed by atoms with van der Waals surface area (Å²) in [6.07, 6.45) is 1.71. The first kappa shape index (κ1) is 9.29. The van der Waals surface area contributed by atoms with Gasteiger partial charge in [-0.25, -0.2) is 0 Å². The average molecular weight is 181 g/mol. The molecular weight excluding hydrogens is 172 g/mol. The van der Waals surface area contributed by atoms with E-state index in [1.54, 1.807) is 37.5 Å². The Morgan fingerprint density at radius 1 is 1.42 bits per heavy atom. The van der Waals surface area contributed by atoms with Crippen molar-refractivity contribution >= 4 is 17.5 Å². The smallest absolute Gasteiger partial charge is 0.255 e. The van der Waals surface area contributed by atoms with E-state index in [0.29, 0.717) is 4.90 Å². The van der Waals surface area contributed by atoms with E-state index in [0.717, 1.165) is 0 Å². The van der Waals surface area contributed by atoms with E-state index in [4.69, 9.17) is 0 Å². The molecule has 0 aromatic heterocycles. The molecule has 12 heavy (non-hydrogen) atoms. The Bertz CT molecular complexity index is 248. The minimum atomic E-state index is -1.25. The summed E-state index contributed by atoms with van der Waals surface area (Å²) in [7, 11) is 0. The molecule has 1 radical (unpaired) electrons. The third-order valence-corrected chi connectivity index (χ3v) is 2.94. The van der Waals surface area contributed by atoms with Gasteiger partial charge in [-0.15, -0.1) is 0 Å². The normalized spacial score (nSPS) is 15.2. The molecule has 3 heteroatoms. The van der Waals surface area contributed by atoms with Crippen molar-refractivity contribution < 1.29 is 9.35 Å². The van der Waals surface area contributed by atoms with Crippen molar-refractivity contribution in [1.82, 2.24) is 0 Å². The highest BCUT2D eigenvalue weighted by molar-refractivity contribution is 7.92. The van der Waals surface area contributed by atoms with Gasteiger partial charge in [0.1, 0.15) is 0 Å². The third-order valence-electron chi connectivity index (χ3n) is 1.46. The van der Waals surface area contributed by atoms with Crippen molar-refractivity contribution in [3.05, 3.63) is 30.3 Å². The van der Waals surface area contributed by atoms with Crippen LogP contribution in [0.2, 0.25) is 0 Å². The molecule has 2 atom stereocenters. The molecule has 0 amide bonds. The van der Waals surface area contributed by atoms with Gasteiger partial charge in [-0.05, 0) is 30.2 Å². The molecule has 63 valence electrons. The summed E-state index contributed by atoms with van der Waals surface area (Å²) in [6.45, 7) is 1.59. The lowest BCUT2D eigenvalue weighted by atomic mass is 10.4. The van der Waals surface area contributed by atoms with Crippen LogP contribution in [0.3, 0.4) is 0 Å². The topological polar surface area (TPSA) is 40.1 Å². The summed E-state index contributed by atoms with van der Waals surface area (Å²) in [5.41, 5.74) is 0. The van der Waals surface area contributed by atoms with Crippen LogP contribution in [0.25, 0.3) is 0 Å². The van der Waals surface area contributed by atoms with Gasteiger partial charge in [0, 0.05) is 0 Å². The number of benzene rings is 1. The zero-order valence-corrected chi connectivity index (χ0v) is 7.51. The fourth-order valence-corrected chi connectivity index (χ4v) is 1.72. The van der Waals surface area contributed by atoms with E-state index in [1.807, 2.05) is 6.07 Å². The lowest BCUT2D eigenvalue weighted by molar-refractivity contribution is 0.547. The summed E-state index contributed by atoms with van der Waals surface area (Å²) in [6, 6.07) is 8.92. The van der Waals surface area contributed by atoms with Crippen molar-refractivity contribution in [2.75, 3.05) is 0 Å². The Labute approximate surface area is 74.8 Å². The molecule has 0 aliphatic carbocycles. The minimum absolute atomic E-state index is 0.549. The molecule has 0 fully saturated rings. The van der Waals surface area contributed by atoms with Crippen LogP contribution in [0, 0.1) is 0 Å². The highest BCUT2D eigenvalue weighted by atomic mass is 32.2. The second kappa shape index (κ2) is 4.28. The van der Waals surface area contributed by atoms with Crippen LogP contribution >= 0.6 is 0 Å². The monoisotopic (exact) mass is 181 g/mol. The molecular formula is C9H9O2S. The fourth-order valence-electron chi connectivity index (χ4n) is 0.802. The zero-order valence-electron chi connectivity index (χ0n) is 6.69. The van der Waals surface area contributed by atoms with E-state index in [2.05, 4.69) is 0 Å². The molecule has 1 aromatic carbocycles. The van der Waals surface area contributed by atoms with Gasteiger partial charge in [0.15, 0.2) is 10.1 Å². The van der Waals surface area contributed by atoms with E-state index in [-0.39, 0.29) is 0 Å². The molecule has 0 saturated heterocycles. The Kier molecular flexibility index (Phi) is 3.31. The highest BCUT2D eigenvalue weighted by Crippen LogP contribution is 2.13. The third kappa shape index (κ3) is 2.09. The molecule has 0 N–H and O–H groups in total. The molecule has 0 spiro atoms. The van der Waals surface area contributed by atoms with Crippen molar-refractivity contribution in [2.45, 2.75) is 17.1 Å². The van der Waals surface area contributed by atoms with Crippen LogP contribution in [0.5, 0.6) is 0 Å². The van der Waals surface area contributed by atoms with Crippen LogP contribution in [0.4, 0.5) is 0 Å². The lowest BCUT2D eigenvalue weighted by Gasteiger charge is -2.11. The van der Waals surface area contributed by atoms with Gasteiger partial charge < -0.3 is 4.55 Å². The molecule has 2 nitrogen and oxygen atoms in total. The minimum Gasteiger partial charge on any atom is -0.611 e. The summed E-state index contributed by atoms with van der Waals surface area (Å²) in [4.78, 5) is 10.9. The Hall–Kier alpha value is -0.800. The standard InChI is InChI=1S/C9H9O2S/c1-8(7-10)12(11)9-5-3-2-4-6-9/h2-6,8H,1H3. The van der Waals surface area contributed by atoms with E-state index >= 15 is 0 Å². The first-order valence-corrected chi connectivity index (χ1v) is 4.80. The van der Waals surface area contributed by atoms with E-state index in [1.165, 1.54) is 0 Å². The van der Waals surface area contributed by atoms with Gasteiger partial charge >= 0.3 is 0 Å². The first-order valence-electron chi connectivity index (χ1n) is 3.59. The Morgan fingerprint density at radius 3 is 2.50 bits per heavy atom. The predicted molar refractivity (Wildman–Crippen MR) is 48.0 cm³/mol. The largest absolute Gasteiger partial charge is 0.611 e. The van der Waals surface area contributed by atoms with Gasteiger partial charge in [-0.3, -0.25) is 4.79 Å². The Morgan fingerprint density at radius 2 is 2.00 bits per heavy atom.